The summed E-state index contributed by atoms with van der Waals surface area (Å²) in [5, 5.41) is 6.96. The monoisotopic (exact) mass is 434 g/mol. The van der Waals surface area contributed by atoms with Crippen molar-refractivity contribution >= 4 is 22.8 Å². The normalized spacial score (nSPS) is 12.8. The fourth-order valence-corrected chi connectivity index (χ4v) is 3.66. The molecule has 7 nitrogen and oxygen atoms in total. The molecular weight excluding hydrogens is 410 g/mol. The Balaban J connectivity index is 1.76. The molecule has 0 amide bonds. The van der Waals surface area contributed by atoms with E-state index in [-0.39, 0.29) is 21.2 Å². The highest BCUT2D eigenvalue weighted by atomic mass is 31.2. The molecule has 2 aromatic carbocycles. The van der Waals surface area contributed by atoms with Crippen LogP contribution in [0.3, 0.4) is 0 Å². The zero-order chi connectivity index (χ0) is 21.1. The third-order valence-corrected chi connectivity index (χ3v) is 6.20. The Morgan fingerprint density at radius 3 is 2.34 bits per heavy atom. The first-order valence-electron chi connectivity index (χ1n) is 8.70. The van der Waals surface area contributed by atoms with Crippen molar-refractivity contribution in [1.82, 2.24) is 5.20 Å². The molecule has 0 bridgehead atoms. The lowest BCUT2D eigenvalue weighted by atomic mass is 10.2. The third-order valence-electron chi connectivity index (χ3n) is 3.78. The second kappa shape index (κ2) is 11.6. The predicted octanol–water partition coefficient (Wildman–Crippen LogP) is 4.58. The SMILES string of the molecule is C#CC(C)Oc1ccc(/C=N/NPOc2ccc(CP(=O)(OC)OC)cc2)cc1. The summed E-state index contributed by atoms with van der Waals surface area (Å²) in [7, 11) is -0.389. The Kier molecular flexibility index (Phi) is 9.18. The summed E-state index contributed by atoms with van der Waals surface area (Å²) in [5.74, 6) is 3.89. The van der Waals surface area contributed by atoms with Crippen LogP contribution in [0.25, 0.3) is 0 Å². The summed E-state index contributed by atoms with van der Waals surface area (Å²) in [6.45, 7) is 1.81. The highest BCUT2D eigenvalue weighted by Crippen LogP contribution is 2.49. The quantitative estimate of drug-likeness (QED) is 0.183. The van der Waals surface area contributed by atoms with Crippen molar-refractivity contribution in [1.29, 1.82) is 0 Å². The van der Waals surface area contributed by atoms with Crippen LogP contribution in [0.1, 0.15) is 18.1 Å². The van der Waals surface area contributed by atoms with E-state index in [0.29, 0.717) is 11.5 Å². The smallest absolute Gasteiger partial charge is 0.334 e. The maximum Gasteiger partial charge on any atom is 0.334 e. The summed E-state index contributed by atoms with van der Waals surface area (Å²) in [6, 6.07) is 14.6. The van der Waals surface area contributed by atoms with Crippen LogP contribution < -0.4 is 14.5 Å². The maximum atomic E-state index is 12.1. The van der Waals surface area contributed by atoms with E-state index in [1.165, 1.54) is 14.2 Å². The molecule has 0 aromatic heterocycles. The molecule has 0 fully saturated rings. The van der Waals surface area contributed by atoms with Crippen LogP contribution in [0.2, 0.25) is 0 Å². The fourth-order valence-electron chi connectivity index (χ4n) is 2.18. The van der Waals surface area contributed by atoms with Gasteiger partial charge in [-0.25, -0.2) is 0 Å². The van der Waals surface area contributed by atoms with Crippen molar-refractivity contribution in [2.45, 2.75) is 19.2 Å². The van der Waals surface area contributed by atoms with Crippen LogP contribution in [0, 0.1) is 12.3 Å². The minimum absolute atomic E-state index is 0.0567. The van der Waals surface area contributed by atoms with Gasteiger partial charge in [-0.05, 0) is 54.4 Å². The number of hydrazone groups is 1. The number of hydrogen-bond donors (Lipinski definition) is 1. The minimum Gasteiger partial charge on any atom is -0.478 e. The Bertz CT molecular complexity index is 871. The second-order valence-electron chi connectivity index (χ2n) is 5.85. The van der Waals surface area contributed by atoms with Gasteiger partial charge < -0.3 is 18.3 Å². The van der Waals surface area contributed by atoms with Crippen LogP contribution in [0.15, 0.2) is 53.6 Å². The molecule has 0 aliphatic rings. The van der Waals surface area contributed by atoms with Crippen molar-refractivity contribution < 1.29 is 22.9 Å². The van der Waals surface area contributed by atoms with Gasteiger partial charge in [0.2, 0.25) is 0 Å². The van der Waals surface area contributed by atoms with E-state index in [2.05, 4.69) is 16.2 Å². The van der Waals surface area contributed by atoms with E-state index < -0.39 is 7.60 Å². The fraction of sp³-hybridized carbons (Fsp3) is 0.250. The first kappa shape index (κ1) is 22.9. The van der Waals surface area contributed by atoms with E-state index in [1.54, 1.807) is 18.3 Å². The molecule has 9 heteroatoms. The van der Waals surface area contributed by atoms with Gasteiger partial charge in [-0.3, -0.25) is 9.76 Å². The van der Waals surface area contributed by atoms with Crippen LogP contribution in [0.5, 0.6) is 11.5 Å². The average molecular weight is 434 g/mol. The van der Waals surface area contributed by atoms with Crippen LogP contribution >= 0.6 is 16.6 Å². The molecule has 0 spiro atoms. The van der Waals surface area contributed by atoms with E-state index >= 15 is 0 Å². The topological polar surface area (TPSA) is 78.4 Å². The first-order chi connectivity index (χ1) is 14.0. The van der Waals surface area contributed by atoms with Gasteiger partial charge in [-0.15, -0.1) is 6.42 Å². The lowest BCUT2D eigenvalue weighted by Crippen LogP contribution is -2.07. The first-order valence-corrected chi connectivity index (χ1v) is 11.3. The highest BCUT2D eigenvalue weighted by Gasteiger charge is 2.21. The molecule has 2 aromatic rings. The molecule has 2 unspecified atom stereocenters. The molecule has 1 N–H and O–H groups in total. The molecule has 29 heavy (non-hydrogen) atoms. The molecule has 2 rings (SSSR count). The van der Waals surface area contributed by atoms with Gasteiger partial charge in [-0.2, -0.15) is 5.10 Å². The minimum atomic E-state index is -3.08. The number of hydrogen-bond acceptors (Lipinski definition) is 7. The molecular formula is C20H24N2O5P2. The van der Waals surface area contributed by atoms with Crippen LogP contribution in [-0.4, -0.2) is 26.5 Å². The average Bonchev–Trinajstić information content (AvgIpc) is 2.75. The summed E-state index contributed by atoms with van der Waals surface area (Å²) >= 11 is 0. The predicted molar refractivity (Wildman–Crippen MR) is 117 cm³/mol. The van der Waals surface area contributed by atoms with Gasteiger partial charge in [0.25, 0.3) is 0 Å². The van der Waals surface area contributed by atoms with Gasteiger partial charge >= 0.3 is 7.60 Å². The zero-order valence-corrected chi connectivity index (χ0v) is 18.4. The van der Waals surface area contributed by atoms with E-state index in [1.807, 2.05) is 43.3 Å². The molecule has 2 atom stereocenters. The lowest BCUT2D eigenvalue weighted by Gasteiger charge is -2.13. The van der Waals surface area contributed by atoms with Gasteiger partial charge in [0.05, 0.1) is 12.4 Å². The number of terminal acetylenes is 1. The van der Waals surface area contributed by atoms with Crippen molar-refractivity contribution in [3.8, 4) is 23.8 Å². The molecule has 0 aliphatic heterocycles. The maximum absolute atomic E-state index is 12.1. The molecule has 0 aliphatic carbocycles. The van der Waals surface area contributed by atoms with E-state index in [9.17, 15) is 4.57 Å². The number of nitrogens with zero attached hydrogens (tertiary/aromatic N) is 1. The molecule has 154 valence electrons. The second-order valence-corrected chi connectivity index (χ2v) is 8.75. The standard InChI is InChI=1S/C20H24N2O5P2/c1-5-16(2)26-19-10-6-17(7-11-19)14-21-22-28-27-20-12-8-18(9-13-20)15-29(23,24-3)25-4/h1,6-14,16,22,28H,15H2,2-4H3/b21-14+. The zero-order valence-electron chi connectivity index (χ0n) is 16.5. The summed E-state index contributed by atoms with van der Waals surface area (Å²) in [4.78, 5) is 0. The molecule has 0 saturated heterocycles. The Morgan fingerprint density at radius 2 is 1.76 bits per heavy atom. The van der Waals surface area contributed by atoms with Crippen LogP contribution in [-0.2, 0) is 19.8 Å². The van der Waals surface area contributed by atoms with Crippen molar-refractivity contribution in [2.24, 2.45) is 5.10 Å². The van der Waals surface area contributed by atoms with Gasteiger partial charge in [0.15, 0.2) is 15.1 Å². The largest absolute Gasteiger partial charge is 0.478 e. The molecule has 0 radical (unpaired) electrons. The van der Waals surface area contributed by atoms with Crippen molar-refractivity contribution in [3.05, 3.63) is 59.7 Å². The van der Waals surface area contributed by atoms with Gasteiger partial charge in [0, 0.05) is 14.2 Å². The van der Waals surface area contributed by atoms with E-state index in [0.717, 1.165) is 11.1 Å². The highest BCUT2D eigenvalue weighted by molar-refractivity contribution is 7.52. The Labute approximate surface area is 173 Å². The number of benzene rings is 2. The van der Waals surface area contributed by atoms with Gasteiger partial charge in [-0.1, -0.05) is 18.1 Å². The van der Waals surface area contributed by atoms with E-state index in [4.69, 9.17) is 24.7 Å². The summed E-state index contributed by atoms with van der Waals surface area (Å²) in [5.41, 5.74) is 1.75. The summed E-state index contributed by atoms with van der Waals surface area (Å²) in [6.07, 6.45) is 6.91. The molecule has 0 heterocycles. The number of nitrogens with one attached hydrogen (secondary N) is 1. The van der Waals surface area contributed by atoms with Gasteiger partial charge in [0.1, 0.15) is 11.5 Å². The Morgan fingerprint density at radius 1 is 1.14 bits per heavy atom. The number of rotatable bonds is 11. The third kappa shape index (κ3) is 7.89. The van der Waals surface area contributed by atoms with Crippen molar-refractivity contribution in [3.63, 3.8) is 0 Å². The van der Waals surface area contributed by atoms with Crippen molar-refractivity contribution in [2.75, 3.05) is 14.2 Å². The van der Waals surface area contributed by atoms with Crippen LogP contribution in [0.4, 0.5) is 0 Å². The lowest BCUT2D eigenvalue weighted by molar-refractivity contribution is 0.274. The summed E-state index contributed by atoms with van der Waals surface area (Å²) < 4.78 is 33.1. The Hall–Kier alpha value is -2.35. The number of ether oxygens (including phenoxy) is 1. The molecule has 0 saturated carbocycles.